The number of carbonyl (C=O) groups is 1. The Morgan fingerprint density at radius 1 is 1.83 bits per heavy atom. The molecule has 66 valence electrons. The Morgan fingerprint density at radius 2 is 2.58 bits per heavy atom. The van der Waals surface area contributed by atoms with Crippen LogP contribution in [-0.2, 0) is 0 Å². The molecule has 0 aliphatic rings. The average Bonchev–Trinajstić information content (AvgIpc) is 2.51. The van der Waals surface area contributed by atoms with Crippen molar-refractivity contribution in [3.05, 3.63) is 18.7 Å². The molecule has 0 aliphatic heterocycles. The van der Waals surface area contributed by atoms with Crippen molar-refractivity contribution < 1.29 is 9.90 Å². The second-order valence-corrected chi connectivity index (χ2v) is 2.38. The van der Waals surface area contributed by atoms with E-state index in [2.05, 4.69) is 10.3 Å². The Hall–Kier alpha value is -1.52. The van der Waals surface area contributed by atoms with Gasteiger partial charge in [-0.25, -0.2) is 9.78 Å². The quantitative estimate of drug-likeness (QED) is 0.710. The van der Waals surface area contributed by atoms with Crippen LogP contribution in [0.15, 0.2) is 18.7 Å². The molecule has 0 saturated heterocycles. The molecule has 0 aliphatic carbocycles. The Labute approximate surface area is 70.0 Å². The lowest BCUT2D eigenvalue weighted by Gasteiger charge is -2.15. The van der Waals surface area contributed by atoms with Gasteiger partial charge in [-0.1, -0.05) is 6.92 Å². The van der Waals surface area contributed by atoms with Crippen LogP contribution in [0.25, 0.3) is 0 Å². The van der Waals surface area contributed by atoms with E-state index in [-0.39, 0.29) is 6.17 Å². The molecule has 5 heteroatoms. The van der Waals surface area contributed by atoms with Crippen LogP contribution in [0.1, 0.15) is 19.5 Å². The van der Waals surface area contributed by atoms with Gasteiger partial charge in [0.1, 0.15) is 6.17 Å². The minimum Gasteiger partial charge on any atom is -0.465 e. The number of hydrogen-bond acceptors (Lipinski definition) is 2. The van der Waals surface area contributed by atoms with Gasteiger partial charge in [0.15, 0.2) is 0 Å². The van der Waals surface area contributed by atoms with Crippen LogP contribution < -0.4 is 5.32 Å². The molecule has 0 radical (unpaired) electrons. The van der Waals surface area contributed by atoms with Crippen molar-refractivity contribution in [2.75, 3.05) is 0 Å². The Kier molecular flexibility index (Phi) is 2.68. The summed E-state index contributed by atoms with van der Waals surface area (Å²) in [6, 6.07) is 0. The number of amides is 1. The number of nitrogens with zero attached hydrogens (tertiary/aromatic N) is 2. The predicted molar refractivity (Wildman–Crippen MR) is 42.7 cm³/mol. The van der Waals surface area contributed by atoms with Gasteiger partial charge in [-0.15, -0.1) is 0 Å². The van der Waals surface area contributed by atoms with Crippen molar-refractivity contribution in [1.29, 1.82) is 0 Å². The van der Waals surface area contributed by atoms with E-state index in [1.807, 2.05) is 6.92 Å². The van der Waals surface area contributed by atoms with Crippen LogP contribution in [0.5, 0.6) is 0 Å². The lowest BCUT2D eigenvalue weighted by atomic mass is 10.4. The molecule has 1 unspecified atom stereocenters. The van der Waals surface area contributed by atoms with Crippen LogP contribution in [0.4, 0.5) is 4.79 Å². The third-order valence-electron chi connectivity index (χ3n) is 1.56. The molecule has 0 saturated carbocycles. The summed E-state index contributed by atoms with van der Waals surface area (Å²) < 4.78 is 1.72. The second kappa shape index (κ2) is 3.75. The van der Waals surface area contributed by atoms with Gasteiger partial charge in [0.05, 0.1) is 6.33 Å². The summed E-state index contributed by atoms with van der Waals surface area (Å²) >= 11 is 0. The number of aromatic nitrogens is 2. The zero-order valence-electron chi connectivity index (χ0n) is 6.77. The van der Waals surface area contributed by atoms with E-state index < -0.39 is 6.09 Å². The summed E-state index contributed by atoms with van der Waals surface area (Å²) in [6.45, 7) is 1.90. The summed E-state index contributed by atoms with van der Waals surface area (Å²) in [4.78, 5) is 14.1. The van der Waals surface area contributed by atoms with Crippen molar-refractivity contribution in [1.82, 2.24) is 14.9 Å². The zero-order valence-corrected chi connectivity index (χ0v) is 6.77. The second-order valence-electron chi connectivity index (χ2n) is 2.38. The van der Waals surface area contributed by atoms with Crippen molar-refractivity contribution in [2.24, 2.45) is 0 Å². The fraction of sp³-hybridized carbons (Fsp3) is 0.429. The molecule has 1 rings (SSSR count). The Balaban J connectivity index is 2.63. The molecule has 0 bridgehead atoms. The molecule has 1 aromatic rings. The molecule has 5 nitrogen and oxygen atoms in total. The van der Waals surface area contributed by atoms with Crippen LogP contribution in [0.2, 0.25) is 0 Å². The molecule has 0 spiro atoms. The molecule has 1 heterocycles. The monoisotopic (exact) mass is 169 g/mol. The number of nitrogens with one attached hydrogen (secondary N) is 1. The third kappa shape index (κ3) is 1.98. The van der Waals surface area contributed by atoms with E-state index in [9.17, 15) is 4.79 Å². The summed E-state index contributed by atoms with van der Waals surface area (Å²) in [5.74, 6) is 0. The van der Waals surface area contributed by atoms with Crippen LogP contribution >= 0.6 is 0 Å². The van der Waals surface area contributed by atoms with Crippen molar-refractivity contribution in [2.45, 2.75) is 19.5 Å². The smallest absolute Gasteiger partial charge is 0.406 e. The van der Waals surface area contributed by atoms with Gasteiger partial charge in [0.2, 0.25) is 0 Å². The topological polar surface area (TPSA) is 67.2 Å². The molecular formula is C7H11N3O2. The van der Waals surface area contributed by atoms with E-state index in [4.69, 9.17) is 5.11 Å². The summed E-state index contributed by atoms with van der Waals surface area (Å²) in [6.07, 6.45) is 4.39. The predicted octanol–water partition coefficient (Wildman–Crippen LogP) is 1.06. The molecule has 1 aromatic heterocycles. The highest BCUT2D eigenvalue weighted by atomic mass is 16.4. The maximum absolute atomic E-state index is 10.3. The molecule has 0 fully saturated rings. The molecular weight excluding hydrogens is 158 g/mol. The first-order valence-electron chi connectivity index (χ1n) is 3.71. The minimum atomic E-state index is -1.02. The first-order valence-corrected chi connectivity index (χ1v) is 3.71. The number of imidazole rings is 1. The van der Waals surface area contributed by atoms with Gasteiger partial charge in [0.25, 0.3) is 0 Å². The van der Waals surface area contributed by atoms with E-state index in [1.165, 1.54) is 0 Å². The van der Waals surface area contributed by atoms with E-state index >= 15 is 0 Å². The summed E-state index contributed by atoms with van der Waals surface area (Å²) in [5, 5.41) is 10.8. The highest BCUT2D eigenvalue weighted by Crippen LogP contribution is 2.05. The molecule has 2 N–H and O–H groups in total. The minimum absolute atomic E-state index is 0.218. The standard InChI is InChI=1S/C7H11N3O2/c1-2-6(9-7(11)12)10-4-3-8-5-10/h3-6,9H,2H2,1H3,(H,11,12). The first kappa shape index (κ1) is 8.58. The summed E-state index contributed by atoms with van der Waals surface area (Å²) in [7, 11) is 0. The maximum Gasteiger partial charge on any atom is 0.406 e. The third-order valence-corrected chi connectivity index (χ3v) is 1.56. The van der Waals surface area contributed by atoms with E-state index in [0.717, 1.165) is 0 Å². The molecule has 0 aromatic carbocycles. The van der Waals surface area contributed by atoms with Crippen molar-refractivity contribution in [3.8, 4) is 0 Å². The van der Waals surface area contributed by atoms with Gasteiger partial charge in [-0.05, 0) is 6.42 Å². The van der Waals surface area contributed by atoms with Crippen LogP contribution in [0, 0.1) is 0 Å². The van der Waals surface area contributed by atoms with Crippen molar-refractivity contribution >= 4 is 6.09 Å². The Morgan fingerprint density at radius 3 is 3.00 bits per heavy atom. The maximum atomic E-state index is 10.3. The normalized spacial score (nSPS) is 12.4. The average molecular weight is 169 g/mol. The first-order chi connectivity index (χ1) is 5.74. The number of hydrogen-bond donors (Lipinski definition) is 2. The number of carboxylic acid groups (broad SMARTS) is 1. The fourth-order valence-corrected chi connectivity index (χ4v) is 0.984. The molecule has 1 atom stereocenters. The van der Waals surface area contributed by atoms with E-state index in [0.29, 0.717) is 6.42 Å². The SMILES string of the molecule is CCC(NC(=O)O)n1ccnc1. The van der Waals surface area contributed by atoms with Gasteiger partial charge < -0.3 is 15.0 Å². The largest absolute Gasteiger partial charge is 0.465 e. The van der Waals surface area contributed by atoms with Crippen LogP contribution in [0.3, 0.4) is 0 Å². The van der Waals surface area contributed by atoms with Gasteiger partial charge in [-0.2, -0.15) is 0 Å². The lowest BCUT2D eigenvalue weighted by molar-refractivity contribution is 0.183. The molecule has 1 amide bonds. The molecule has 12 heavy (non-hydrogen) atoms. The highest BCUT2D eigenvalue weighted by molar-refractivity contribution is 5.64. The Bertz CT molecular complexity index is 245. The number of rotatable bonds is 3. The van der Waals surface area contributed by atoms with Gasteiger partial charge in [0, 0.05) is 12.4 Å². The van der Waals surface area contributed by atoms with Crippen molar-refractivity contribution in [3.63, 3.8) is 0 Å². The van der Waals surface area contributed by atoms with Gasteiger partial charge in [-0.3, -0.25) is 0 Å². The highest BCUT2D eigenvalue weighted by Gasteiger charge is 2.08. The van der Waals surface area contributed by atoms with Gasteiger partial charge >= 0.3 is 6.09 Å². The lowest BCUT2D eigenvalue weighted by Crippen LogP contribution is -2.29. The van der Waals surface area contributed by atoms with Crippen LogP contribution in [-0.4, -0.2) is 20.8 Å². The van der Waals surface area contributed by atoms with E-state index in [1.54, 1.807) is 23.3 Å². The fourth-order valence-electron chi connectivity index (χ4n) is 0.984. The summed E-state index contributed by atoms with van der Waals surface area (Å²) in [5.41, 5.74) is 0. The zero-order chi connectivity index (χ0) is 8.97.